The Labute approximate surface area is 114 Å². The van der Waals surface area contributed by atoms with Crippen LogP contribution in [0.15, 0.2) is 47.5 Å². The lowest BCUT2D eigenvalue weighted by molar-refractivity contribution is 0.301. The van der Waals surface area contributed by atoms with Crippen molar-refractivity contribution in [1.29, 1.82) is 0 Å². The largest absolute Gasteiger partial charge is 0.283 e. The van der Waals surface area contributed by atoms with Crippen LogP contribution in [0.1, 0.15) is 5.56 Å². The topological polar surface area (TPSA) is 35.8 Å². The van der Waals surface area contributed by atoms with Gasteiger partial charge in [-0.2, -0.15) is 0 Å². The molecule has 3 rings (SSSR count). The van der Waals surface area contributed by atoms with Gasteiger partial charge in [-0.25, -0.2) is 10.1 Å². The van der Waals surface area contributed by atoms with Gasteiger partial charge in [0.1, 0.15) is 5.17 Å². The van der Waals surface area contributed by atoms with Gasteiger partial charge >= 0.3 is 0 Å². The summed E-state index contributed by atoms with van der Waals surface area (Å²) in [6, 6.07) is 12.3. The highest BCUT2D eigenvalue weighted by atomic mass is 35.5. The summed E-state index contributed by atoms with van der Waals surface area (Å²) < 4.78 is 0. The van der Waals surface area contributed by atoms with E-state index in [0.717, 1.165) is 5.06 Å². The first-order valence-corrected chi connectivity index (χ1v) is 6.04. The SMILES string of the molecule is ON1c2ccc(Cl)cc2N=C(Cl)c2ccccc21. The van der Waals surface area contributed by atoms with Crippen molar-refractivity contribution in [3.63, 3.8) is 0 Å². The molecule has 0 atom stereocenters. The Balaban J connectivity index is 2.31. The zero-order valence-electron chi connectivity index (χ0n) is 9.14. The van der Waals surface area contributed by atoms with Crippen LogP contribution in [0.25, 0.3) is 0 Å². The van der Waals surface area contributed by atoms with Crippen molar-refractivity contribution in [2.45, 2.75) is 0 Å². The van der Waals surface area contributed by atoms with E-state index in [2.05, 4.69) is 4.99 Å². The molecule has 90 valence electrons. The Morgan fingerprint density at radius 2 is 1.78 bits per heavy atom. The van der Waals surface area contributed by atoms with Crippen LogP contribution in [0.4, 0.5) is 17.1 Å². The van der Waals surface area contributed by atoms with Gasteiger partial charge in [-0.05, 0) is 30.3 Å². The van der Waals surface area contributed by atoms with Gasteiger partial charge < -0.3 is 0 Å². The highest BCUT2D eigenvalue weighted by molar-refractivity contribution is 6.70. The third-order valence-electron chi connectivity index (χ3n) is 2.74. The van der Waals surface area contributed by atoms with E-state index in [1.165, 1.54) is 0 Å². The molecule has 0 unspecified atom stereocenters. The second-order valence-electron chi connectivity index (χ2n) is 3.86. The van der Waals surface area contributed by atoms with E-state index in [1.54, 1.807) is 30.3 Å². The third kappa shape index (κ3) is 1.77. The van der Waals surface area contributed by atoms with E-state index in [-0.39, 0.29) is 0 Å². The van der Waals surface area contributed by atoms with Crippen molar-refractivity contribution in [3.8, 4) is 0 Å². The number of fused-ring (bicyclic) bond motifs is 2. The Hall–Kier alpha value is -1.55. The average Bonchev–Trinajstić information content (AvgIpc) is 2.47. The number of rotatable bonds is 0. The maximum Gasteiger partial charge on any atom is 0.139 e. The number of aliphatic imine (C=N–C) groups is 1. The molecule has 1 aliphatic rings. The molecule has 0 aliphatic carbocycles. The molecule has 18 heavy (non-hydrogen) atoms. The van der Waals surface area contributed by atoms with Gasteiger partial charge in [0.2, 0.25) is 0 Å². The summed E-state index contributed by atoms with van der Waals surface area (Å²) in [6.07, 6.45) is 0. The number of para-hydroxylation sites is 1. The minimum absolute atomic E-state index is 0.325. The first-order chi connectivity index (χ1) is 8.66. The number of halogens is 2. The zero-order chi connectivity index (χ0) is 12.7. The molecule has 1 aliphatic heterocycles. The molecule has 0 saturated heterocycles. The van der Waals surface area contributed by atoms with E-state index in [9.17, 15) is 5.21 Å². The molecule has 5 heteroatoms. The Kier molecular flexibility index (Phi) is 2.74. The van der Waals surface area contributed by atoms with Crippen LogP contribution in [-0.4, -0.2) is 10.4 Å². The number of hydrogen-bond donors (Lipinski definition) is 1. The highest BCUT2D eigenvalue weighted by Crippen LogP contribution is 2.39. The normalized spacial score (nSPS) is 13.5. The van der Waals surface area contributed by atoms with E-state index in [0.29, 0.717) is 32.8 Å². The molecular weight excluding hydrogens is 271 g/mol. The van der Waals surface area contributed by atoms with Gasteiger partial charge in [-0.1, -0.05) is 35.3 Å². The minimum Gasteiger partial charge on any atom is -0.283 e. The van der Waals surface area contributed by atoms with Crippen LogP contribution < -0.4 is 5.06 Å². The van der Waals surface area contributed by atoms with Crippen molar-refractivity contribution in [2.75, 3.05) is 5.06 Å². The van der Waals surface area contributed by atoms with Gasteiger partial charge in [0.15, 0.2) is 0 Å². The molecule has 0 spiro atoms. The van der Waals surface area contributed by atoms with Crippen LogP contribution in [0.2, 0.25) is 5.02 Å². The van der Waals surface area contributed by atoms with Gasteiger partial charge in [-0.3, -0.25) is 5.21 Å². The molecule has 0 radical (unpaired) electrons. The molecule has 1 heterocycles. The lowest BCUT2D eigenvalue weighted by Crippen LogP contribution is -2.12. The molecule has 0 amide bonds. The zero-order valence-corrected chi connectivity index (χ0v) is 10.7. The monoisotopic (exact) mass is 278 g/mol. The van der Waals surface area contributed by atoms with E-state index >= 15 is 0 Å². The molecule has 0 bridgehead atoms. The minimum atomic E-state index is 0.325. The van der Waals surface area contributed by atoms with Gasteiger partial charge in [0, 0.05) is 10.6 Å². The second-order valence-corrected chi connectivity index (χ2v) is 4.66. The molecule has 3 nitrogen and oxygen atoms in total. The predicted octanol–water partition coefficient (Wildman–Crippen LogP) is 4.50. The molecule has 0 aromatic heterocycles. The third-order valence-corrected chi connectivity index (χ3v) is 3.26. The number of hydrogen-bond acceptors (Lipinski definition) is 3. The number of benzene rings is 2. The van der Waals surface area contributed by atoms with Crippen LogP contribution in [0.3, 0.4) is 0 Å². The Bertz CT molecular complexity index is 655. The Morgan fingerprint density at radius 1 is 1.00 bits per heavy atom. The molecule has 0 fully saturated rings. The van der Waals surface area contributed by atoms with Gasteiger partial charge in [0.25, 0.3) is 0 Å². The van der Waals surface area contributed by atoms with E-state index in [4.69, 9.17) is 23.2 Å². The van der Waals surface area contributed by atoms with Crippen LogP contribution in [-0.2, 0) is 0 Å². The smallest absolute Gasteiger partial charge is 0.139 e. The maximum atomic E-state index is 10.3. The quantitative estimate of drug-likeness (QED) is 0.770. The maximum absolute atomic E-state index is 10.3. The summed E-state index contributed by atoms with van der Waals surface area (Å²) in [5.41, 5.74) is 2.34. The van der Waals surface area contributed by atoms with E-state index < -0.39 is 0 Å². The predicted molar refractivity (Wildman–Crippen MR) is 73.9 cm³/mol. The van der Waals surface area contributed by atoms with Crippen molar-refractivity contribution in [3.05, 3.63) is 53.1 Å². The average molecular weight is 279 g/mol. The number of nitrogens with zero attached hydrogens (tertiary/aromatic N) is 2. The fraction of sp³-hybridized carbons (Fsp3) is 0. The molecular formula is C13H8Cl2N2O. The summed E-state index contributed by atoms with van der Waals surface area (Å²) in [6.45, 7) is 0. The Morgan fingerprint density at radius 3 is 2.61 bits per heavy atom. The summed E-state index contributed by atoms with van der Waals surface area (Å²) in [5, 5.41) is 12.2. The summed E-state index contributed by atoms with van der Waals surface area (Å²) in [7, 11) is 0. The van der Waals surface area contributed by atoms with Crippen molar-refractivity contribution < 1.29 is 5.21 Å². The first-order valence-electron chi connectivity index (χ1n) is 5.29. The fourth-order valence-electron chi connectivity index (χ4n) is 1.89. The summed E-state index contributed by atoms with van der Waals surface area (Å²) in [4.78, 5) is 4.29. The number of anilines is 2. The van der Waals surface area contributed by atoms with E-state index in [1.807, 2.05) is 12.1 Å². The van der Waals surface area contributed by atoms with Crippen LogP contribution >= 0.6 is 23.2 Å². The van der Waals surface area contributed by atoms with Crippen molar-refractivity contribution in [1.82, 2.24) is 0 Å². The lowest BCUT2D eigenvalue weighted by Gasteiger charge is -2.18. The van der Waals surface area contributed by atoms with Crippen LogP contribution in [0.5, 0.6) is 0 Å². The second kappa shape index (κ2) is 4.28. The standard InChI is InChI=1S/C13H8Cl2N2O/c14-8-5-6-12-10(7-8)16-13(15)9-3-1-2-4-11(9)17(12)18/h1-7,18H. The van der Waals surface area contributed by atoms with Crippen molar-refractivity contribution in [2.24, 2.45) is 4.99 Å². The lowest BCUT2D eigenvalue weighted by atomic mass is 10.2. The highest BCUT2D eigenvalue weighted by Gasteiger charge is 2.20. The van der Waals surface area contributed by atoms with Gasteiger partial charge in [-0.15, -0.1) is 0 Å². The summed E-state index contributed by atoms with van der Waals surface area (Å²) >= 11 is 12.1. The fourth-order valence-corrected chi connectivity index (χ4v) is 2.31. The first kappa shape index (κ1) is 11.5. The van der Waals surface area contributed by atoms with Crippen LogP contribution in [0, 0.1) is 0 Å². The van der Waals surface area contributed by atoms with Crippen molar-refractivity contribution >= 4 is 45.4 Å². The van der Waals surface area contributed by atoms with Gasteiger partial charge in [0.05, 0.1) is 17.1 Å². The molecule has 2 aromatic rings. The molecule has 1 N–H and O–H groups in total. The molecule has 2 aromatic carbocycles. The summed E-state index contributed by atoms with van der Waals surface area (Å²) in [5.74, 6) is 0. The molecule has 0 saturated carbocycles.